The smallest absolute Gasteiger partial charge is 0.398 e. The van der Waals surface area contributed by atoms with Gasteiger partial charge in [-0.1, -0.05) is 30.3 Å². The van der Waals surface area contributed by atoms with Crippen LogP contribution in [0.3, 0.4) is 0 Å². The van der Waals surface area contributed by atoms with Gasteiger partial charge in [0.1, 0.15) is 5.01 Å². The molecule has 0 unspecified atom stereocenters. The predicted molar refractivity (Wildman–Crippen MR) is 87.1 cm³/mol. The van der Waals surface area contributed by atoms with Gasteiger partial charge in [-0.05, 0) is 24.6 Å². The molecule has 118 valence electrons. The second-order valence-corrected chi connectivity index (χ2v) is 6.01. The summed E-state index contributed by atoms with van der Waals surface area (Å²) in [5, 5.41) is 2.28. The Morgan fingerprint density at radius 2 is 1.83 bits per heavy atom. The van der Waals surface area contributed by atoms with E-state index < -0.39 is 11.7 Å². The molecular formula is C17H13F3N2S. The van der Waals surface area contributed by atoms with Gasteiger partial charge in [0.2, 0.25) is 0 Å². The summed E-state index contributed by atoms with van der Waals surface area (Å²) in [6.45, 7) is 1.89. The van der Waals surface area contributed by atoms with Crippen molar-refractivity contribution in [2.75, 3.05) is 5.73 Å². The van der Waals surface area contributed by atoms with Gasteiger partial charge < -0.3 is 5.73 Å². The lowest BCUT2D eigenvalue weighted by Crippen LogP contribution is -2.06. The molecule has 1 aromatic heterocycles. The lowest BCUT2D eigenvalue weighted by Gasteiger charge is -2.10. The van der Waals surface area contributed by atoms with Crippen molar-refractivity contribution < 1.29 is 13.2 Å². The van der Waals surface area contributed by atoms with E-state index in [2.05, 4.69) is 4.98 Å². The van der Waals surface area contributed by atoms with Crippen LogP contribution in [-0.4, -0.2) is 4.98 Å². The van der Waals surface area contributed by atoms with Crippen LogP contribution in [0.25, 0.3) is 21.8 Å². The fourth-order valence-corrected chi connectivity index (χ4v) is 3.07. The number of aryl methyl sites for hydroxylation is 1. The van der Waals surface area contributed by atoms with Crippen LogP contribution in [0.2, 0.25) is 0 Å². The van der Waals surface area contributed by atoms with E-state index in [9.17, 15) is 13.2 Å². The molecule has 0 saturated heterocycles. The summed E-state index contributed by atoms with van der Waals surface area (Å²) < 4.78 is 39.4. The third-order valence-electron chi connectivity index (χ3n) is 3.54. The maximum absolute atomic E-state index is 13.1. The predicted octanol–water partition coefficient (Wildman–Crippen LogP) is 5.39. The highest BCUT2D eigenvalue weighted by atomic mass is 32.1. The minimum absolute atomic E-state index is 0.0857. The first kappa shape index (κ1) is 15.6. The molecule has 2 aromatic carbocycles. The maximum atomic E-state index is 13.1. The van der Waals surface area contributed by atoms with Crippen LogP contribution in [0.1, 0.15) is 11.1 Å². The molecule has 2 N–H and O–H groups in total. The molecule has 0 aliphatic carbocycles. The lowest BCUT2D eigenvalue weighted by atomic mass is 10.0. The van der Waals surface area contributed by atoms with E-state index in [1.165, 1.54) is 23.5 Å². The first-order valence-electron chi connectivity index (χ1n) is 6.85. The number of nitrogens with two attached hydrogens (primary N) is 1. The Kier molecular flexibility index (Phi) is 3.85. The molecule has 0 atom stereocenters. The van der Waals surface area contributed by atoms with Crippen molar-refractivity contribution in [2.45, 2.75) is 13.1 Å². The summed E-state index contributed by atoms with van der Waals surface area (Å²) in [5.41, 5.74) is 7.99. The molecular weight excluding hydrogens is 321 g/mol. The van der Waals surface area contributed by atoms with Gasteiger partial charge >= 0.3 is 6.18 Å². The standard InChI is InChI=1S/C17H13F3N2S/c1-10-6-7-11(8-14(10)21)16-22-15(9-23-16)12-4-2-3-5-13(12)17(18,19)20/h2-9H,21H2,1H3. The molecule has 0 aliphatic rings. The van der Waals surface area contributed by atoms with Crippen molar-refractivity contribution in [1.29, 1.82) is 0 Å². The van der Waals surface area contributed by atoms with Gasteiger partial charge in [0, 0.05) is 22.2 Å². The topological polar surface area (TPSA) is 38.9 Å². The molecule has 0 spiro atoms. The van der Waals surface area contributed by atoms with Crippen LogP contribution in [0.5, 0.6) is 0 Å². The molecule has 2 nitrogen and oxygen atoms in total. The number of thiazole rings is 1. The quantitative estimate of drug-likeness (QED) is 0.638. The van der Waals surface area contributed by atoms with E-state index in [4.69, 9.17) is 5.73 Å². The summed E-state index contributed by atoms with van der Waals surface area (Å²) in [5.74, 6) is 0. The highest BCUT2D eigenvalue weighted by Gasteiger charge is 2.33. The summed E-state index contributed by atoms with van der Waals surface area (Å²) >= 11 is 1.30. The van der Waals surface area contributed by atoms with Gasteiger partial charge in [-0.2, -0.15) is 13.2 Å². The minimum Gasteiger partial charge on any atom is -0.398 e. The van der Waals surface area contributed by atoms with Crippen molar-refractivity contribution in [2.24, 2.45) is 0 Å². The van der Waals surface area contributed by atoms with E-state index in [0.717, 1.165) is 17.2 Å². The number of benzene rings is 2. The SMILES string of the molecule is Cc1ccc(-c2nc(-c3ccccc3C(F)(F)F)cs2)cc1N. The fraction of sp³-hybridized carbons (Fsp3) is 0.118. The molecule has 6 heteroatoms. The third kappa shape index (κ3) is 3.07. The molecule has 3 aromatic rings. The van der Waals surface area contributed by atoms with E-state index in [1.54, 1.807) is 17.5 Å². The number of anilines is 1. The molecule has 0 bridgehead atoms. The van der Waals surface area contributed by atoms with Crippen molar-refractivity contribution in [1.82, 2.24) is 4.98 Å². The van der Waals surface area contributed by atoms with Crippen molar-refractivity contribution >= 4 is 17.0 Å². The summed E-state index contributed by atoms with van der Waals surface area (Å²) in [4.78, 5) is 4.36. The van der Waals surface area contributed by atoms with Crippen molar-refractivity contribution in [3.63, 3.8) is 0 Å². The van der Waals surface area contributed by atoms with Gasteiger partial charge in [-0.15, -0.1) is 11.3 Å². The van der Waals surface area contributed by atoms with Crippen LogP contribution < -0.4 is 5.73 Å². The molecule has 1 heterocycles. The first-order valence-corrected chi connectivity index (χ1v) is 7.73. The Bertz CT molecular complexity index is 853. The molecule has 0 radical (unpaired) electrons. The fourth-order valence-electron chi connectivity index (χ4n) is 2.26. The number of hydrogen-bond donors (Lipinski definition) is 1. The highest BCUT2D eigenvalue weighted by molar-refractivity contribution is 7.13. The molecule has 0 saturated carbocycles. The van der Waals surface area contributed by atoms with Gasteiger partial charge in [-0.3, -0.25) is 0 Å². The number of nitrogens with zero attached hydrogens (tertiary/aromatic N) is 1. The van der Waals surface area contributed by atoms with E-state index >= 15 is 0 Å². The minimum atomic E-state index is -4.41. The van der Waals surface area contributed by atoms with Crippen LogP contribution >= 0.6 is 11.3 Å². The zero-order valence-electron chi connectivity index (χ0n) is 12.2. The largest absolute Gasteiger partial charge is 0.417 e. The van der Waals surface area contributed by atoms with Gasteiger partial charge in [0.05, 0.1) is 11.3 Å². The molecule has 0 amide bonds. The van der Waals surface area contributed by atoms with Crippen LogP contribution in [0.15, 0.2) is 47.8 Å². The number of alkyl halides is 3. The monoisotopic (exact) mass is 334 g/mol. The lowest BCUT2D eigenvalue weighted by molar-refractivity contribution is -0.137. The maximum Gasteiger partial charge on any atom is 0.417 e. The Morgan fingerprint density at radius 1 is 1.09 bits per heavy atom. The van der Waals surface area contributed by atoms with E-state index in [0.29, 0.717) is 16.4 Å². The Morgan fingerprint density at radius 3 is 2.52 bits per heavy atom. The van der Waals surface area contributed by atoms with Gasteiger partial charge in [0.15, 0.2) is 0 Å². The normalized spacial score (nSPS) is 11.7. The van der Waals surface area contributed by atoms with Gasteiger partial charge in [-0.25, -0.2) is 4.98 Å². The van der Waals surface area contributed by atoms with Crippen molar-refractivity contribution in [3.05, 3.63) is 59.0 Å². The Labute approximate surface area is 135 Å². The second-order valence-electron chi connectivity index (χ2n) is 5.15. The van der Waals surface area contributed by atoms with Crippen LogP contribution in [0.4, 0.5) is 18.9 Å². The van der Waals surface area contributed by atoms with Crippen LogP contribution in [0, 0.1) is 6.92 Å². The first-order chi connectivity index (χ1) is 10.9. The summed E-state index contributed by atoms with van der Waals surface area (Å²) in [7, 11) is 0. The number of halogens is 3. The number of nitrogen functional groups attached to an aromatic ring is 1. The van der Waals surface area contributed by atoms with E-state index in [1.807, 2.05) is 19.1 Å². The summed E-state index contributed by atoms with van der Waals surface area (Å²) in [6, 6.07) is 11.0. The molecule has 3 rings (SSSR count). The third-order valence-corrected chi connectivity index (χ3v) is 4.43. The average molecular weight is 334 g/mol. The molecule has 23 heavy (non-hydrogen) atoms. The molecule has 0 fully saturated rings. The average Bonchev–Trinajstić information content (AvgIpc) is 2.99. The zero-order chi connectivity index (χ0) is 16.6. The number of hydrogen-bond acceptors (Lipinski definition) is 3. The zero-order valence-corrected chi connectivity index (χ0v) is 13.0. The van der Waals surface area contributed by atoms with Crippen molar-refractivity contribution in [3.8, 4) is 21.8 Å². The Hall–Kier alpha value is -2.34. The van der Waals surface area contributed by atoms with Crippen LogP contribution in [-0.2, 0) is 6.18 Å². The highest BCUT2D eigenvalue weighted by Crippen LogP contribution is 2.38. The number of rotatable bonds is 2. The van der Waals surface area contributed by atoms with E-state index in [-0.39, 0.29) is 5.56 Å². The number of aromatic nitrogens is 1. The summed E-state index contributed by atoms with van der Waals surface area (Å²) in [6.07, 6.45) is -4.41. The molecule has 0 aliphatic heterocycles. The second kappa shape index (κ2) is 5.70. The van der Waals surface area contributed by atoms with Gasteiger partial charge in [0.25, 0.3) is 0 Å². The Balaban J connectivity index is 2.05.